The van der Waals surface area contributed by atoms with Crippen LogP contribution in [0.25, 0.3) is 0 Å². The molecule has 0 aromatic heterocycles. The molecule has 0 spiro atoms. The Hall–Kier alpha value is -3.55. The predicted molar refractivity (Wildman–Crippen MR) is 216 cm³/mol. The Bertz CT molecular complexity index is 1420. The van der Waals surface area contributed by atoms with Gasteiger partial charge in [-0.3, -0.25) is 14.4 Å². The van der Waals surface area contributed by atoms with Crippen LogP contribution in [-0.4, -0.2) is 93.9 Å². The third kappa shape index (κ3) is 17.4. The van der Waals surface area contributed by atoms with Crippen LogP contribution in [0.4, 0.5) is 0 Å². The topological polar surface area (TPSA) is 189 Å². The molecular weight excluding hydrogens is 700 g/mol. The highest BCUT2D eigenvalue weighted by atomic mass is 16.7. The second-order valence-electron chi connectivity index (χ2n) is 14.7. The molecule has 1 amide bonds. The molecule has 2 rings (SSSR count). The zero-order chi connectivity index (χ0) is 40.8. The van der Waals surface area contributed by atoms with Crippen molar-refractivity contribution in [2.45, 2.75) is 129 Å². The zero-order valence-corrected chi connectivity index (χ0v) is 33.3. The average Bonchev–Trinajstić information content (AvgIpc) is 3.47. The van der Waals surface area contributed by atoms with Crippen LogP contribution in [0.2, 0.25) is 0 Å². The minimum absolute atomic E-state index is 0.166. The van der Waals surface area contributed by atoms with E-state index < -0.39 is 55.4 Å². The molecular formula is C44H66N2O9. The van der Waals surface area contributed by atoms with Gasteiger partial charge in [0.15, 0.2) is 17.9 Å². The van der Waals surface area contributed by atoms with Crippen molar-refractivity contribution >= 4 is 17.5 Å². The monoisotopic (exact) mass is 766 g/mol. The first-order chi connectivity index (χ1) is 26.3. The number of ketones is 2. The Kier molecular flexibility index (Phi) is 22.8. The normalized spacial score (nSPS) is 25.8. The number of aliphatic hydroxyl groups excluding tert-OH is 4. The lowest BCUT2D eigenvalue weighted by molar-refractivity contribution is -0.310. The van der Waals surface area contributed by atoms with Crippen molar-refractivity contribution in [2.75, 3.05) is 13.2 Å². The van der Waals surface area contributed by atoms with E-state index in [1.807, 2.05) is 44.2 Å². The molecule has 55 heavy (non-hydrogen) atoms. The largest absolute Gasteiger partial charge is 0.394 e. The molecule has 9 unspecified atom stereocenters. The van der Waals surface area contributed by atoms with Gasteiger partial charge in [-0.1, -0.05) is 106 Å². The molecule has 11 heteroatoms. The van der Waals surface area contributed by atoms with Crippen molar-refractivity contribution in [3.05, 3.63) is 96.2 Å². The van der Waals surface area contributed by atoms with Crippen LogP contribution in [0.1, 0.15) is 86.0 Å². The van der Waals surface area contributed by atoms with Crippen molar-refractivity contribution in [3.8, 4) is 0 Å². The van der Waals surface area contributed by atoms with Crippen LogP contribution in [0.5, 0.6) is 0 Å². The number of carbonyl (C=O) groups excluding carboxylic acids is 3. The summed E-state index contributed by atoms with van der Waals surface area (Å²) in [7, 11) is 0. The number of hydrogen-bond acceptors (Lipinski definition) is 10. The number of Topliss-reactive ketones (excluding diaryl/α,β-unsaturated/α-hetero) is 2. The van der Waals surface area contributed by atoms with Crippen molar-refractivity contribution in [1.82, 2.24) is 5.32 Å². The standard InChI is InChI=1S/C44H66N2O9/c1-30(20-14-11-12-19-27-45)21-15-13-16-22-31(2)28-34(5)42(55-44-41(52)40(51)39(50)37(29-47)54-44)32(3)23-17-9-7-6-8-10-18-24-33(4)43(53)46-38-35(48)25-26-36(38)49/h6-11,14-15,17-18,21,23-24,28,30-32,37-42,44,47,50-52H,12-13,16,19-20,22,25-27,29,45H2,1-5H3,(H,46,53)/b8-6+,9-7+,14-11?,18-10?,21-15?,23-17?,33-24?,34-28?. The number of amides is 1. The lowest BCUT2D eigenvalue weighted by Crippen LogP contribution is -2.60. The number of carbonyl (C=O) groups is 3. The molecule has 1 saturated carbocycles. The van der Waals surface area contributed by atoms with Gasteiger partial charge in [-0.15, -0.1) is 0 Å². The summed E-state index contributed by atoms with van der Waals surface area (Å²) in [5.74, 6) is -0.426. The summed E-state index contributed by atoms with van der Waals surface area (Å²) in [5, 5.41) is 43.5. The Morgan fingerprint density at radius 1 is 0.855 bits per heavy atom. The van der Waals surface area contributed by atoms with Crippen molar-refractivity contribution < 1.29 is 44.3 Å². The van der Waals surface area contributed by atoms with Crippen molar-refractivity contribution in [3.63, 3.8) is 0 Å². The van der Waals surface area contributed by atoms with E-state index >= 15 is 0 Å². The first kappa shape index (κ1) is 47.6. The summed E-state index contributed by atoms with van der Waals surface area (Å²) in [5.41, 5.74) is 6.86. The Morgan fingerprint density at radius 3 is 2.15 bits per heavy atom. The maximum atomic E-state index is 12.3. The highest BCUT2D eigenvalue weighted by Gasteiger charge is 2.45. The van der Waals surface area contributed by atoms with Gasteiger partial charge in [-0.25, -0.2) is 0 Å². The quantitative estimate of drug-likeness (QED) is 0.0271. The van der Waals surface area contributed by atoms with Crippen LogP contribution >= 0.6 is 0 Å². The Morgan fingerprint density at radius 2 is 1.49 bits per heavy atom. The Labute approximate surface area is 328 Å². The van der Waals surface area contributed by atoms with Gasteiger partial charge in [0.2, 0.25) is 5.91 Å². The molecule has 7 N–H and O–H groups in total. The lowest BCUT2D eigenvalue weighted by Gasteiger charge is -2.41. The number of nitrogens with two attached hydrogens (primary N) is 1. The highest BCUT2D eigenvalue weighted by molar-refractivity contribution is 6.15. The van der Waals surface area contributed by atoms with Gasteiger partial charge in [-0.05, 0) is 76.3 Å². The van der Waals surface area contributed by atoms with E-state index in [0.717, 1.165) is 50.6 Å². The first-order valence-corrected chi connectivity index (χ1v) is 19.7. The number of unbranched alkanes of at least 4 members (excludes halogenated alkanes) is 2. The summed E-state index contributed by atoms with van der Waals surface area (Å²) in [6.45, 7) is 10.1. The third-order valence-corrected chi connectivity index (χ3v) is 9.67. The fourth-order valence-electron chi connectivity index (χ4n) is 6.28. The van der Waals surface area contributed by atoms with Crippen LogP contribution in [0.3, 0.4) is 0 Å². The van der Waals surface area contributed by atoms with Gasteiger partial charge >= 0.3 is 0 Å². The molecule has 306 valence electrons. The van der Waals surface area contributed by atoms with Gasteiger partial charge < -0.3 is 41.0 Å². The van der Waals surface area contributed by atoms with Gasteiger partial charge in [-0.2, -0.15) is 0 Å². The number of nitrogens with one attached hydrogen (secondary N) is 1. The zero-order valence-electron chi connectivity index (χ0n) is 33.3. The predicted octanol–water partition coefficient (Wildman–Crippen LogP) is 5.03. The number of ether oxygens (including phenoxy) is 2. The maximum Gasteiger partial charge on any atom is 0.247 e. The number of allylic oxidation sites excluding steroid dienone is 13. The SMILES string of the molecule is CC(=CC=C/C=C/C=C/C=CC(C)C(OC1OC(CO)C(O)C(O)C1O)C(C)=CC(C)CCCC=CC(C)CC=CCCCN)C(=O)NC1C(=O)CCC1=O. The highest BCUT2D eigenvalue weighted by Crippen LogP contribution is 2.28. The summed E-state index contributed by atoms with van der Waals surface area (Å²) in [4.78, 5) is 35.9. The molecule has 2 fully saturated rings. The van der Waals surface area contributed by atoms with Gasteiger partial charge in [0.25, 0.3) is 0 Å². The molecule has 0 bridgehead atoms. The molecule has 1 aliphatic heterocycles. The summed E-state index contributed by atoms with van der Waals surface area (Å²) < 4.78 is 12.0. The van der Waals surface area contributed by atoms with Crippen LogP contribution in [0.15, 0.2) is 96.2 Å². The summed E-state index contributed by atoms with van der Waals surface area (Å²) in [6.07, 6.45) is 26.3. The molecule has 0 radical (unpaired) electrons. The van der Waals surface area contributed by atoms with Gasteiger partial charge in [0, 0.05) is 24.3 Å². The number of aliphatic hydroxyl groups is 4. The second-order valence-corrected chi connectivity index (χ2v) is 14.7. The van der Waals surface area contributed by atoms with Crippen LogP contribution in [-0.2, 0) is 23.9 Å². The fourth-order valence-corrected chi connectivity index (χ4v) is 6.28. The maximum absolute atomic E-state index is 12.3. The number of rotatable bonds is 23. The molecule has 1 aliphatic carbocycles. The van der Waals surface area contributed by atoms with Crippen molar-refractivity contribution in [2.24, 2.45) is 23.5 Å². The summed E-state index contributed by atoms with van der Waals surface area (Å²) in [6, 6.07) is -1.04. The molecule has 0 aromatic carbocycles. The Balaban J connectivity index is 2.01. The minimum atomic E-state index is -1.54. The minimum Gasteiger partial charge on any atom is -0.394 e. The molecule has 0 aromatic rings. The van der Waals surface area contributed by atoms with E-state index in [4.69, 9.17) is 15.2 Å². The van der Waals surface area contributed by atoms with Gasteiger partial charge in [0.05, 0.1) is 12.7 Å². The van der Waals surface area contributed by atoms with E-state index in [0.29, 0.717) is 11.5 Å². The van der Waals surface area contributed by atoms with Crippen LogP contribution in [0, 0.1) is 17.8 Å². The third-order valence-electron chi connectivity index (χ3n) is 9.67. The number of hydrogen-bond donors (Lipinski definition) is 6. The van der Waals surface area contributed by atoms with Gasteiger partial charge in [0.1, 0.15) is 30.5 Å². The van der Waals surface area contributed by atoms with E-state index in [1.54, 1.807) is 31.2 Å². The molecule has 11 nitrogen and oxygen atoms in total. The molecule has 1 heterocycles. The smallest absolute Gasteiger partial charge is 0.247 e. The van der Waals surface area contributed by atoms with E-state index in [9.17, 15) is 34.8 Å². The lowest BCUT2D eigenvalue weighted by atomic mass is 9.92. The molecule has 9 atom stereocenters. The molecule has 1 saturated heterocycles. The molecule has 2 aliphatic rings. The van der Waals surface area contributed by atoms with E-state index in [1.165, 1.54) is 0 Å². The van der Waals surface area contributed by atoms with E-state index in [2.05, 4.69) is 49.5 Å². The van der Waals surface area contributed by atoms with Crippen LogP contribution < -0.4 is 11.1 Å². The average molecular weight is 767 g/mol. The summed E-state index contributed by atoms with van der Waals surface area (Å²) >= 11 is 0. The fraction of sp³-hybridized carbons (Fsp3) is 0.568. The van der Waals surface area contributed by atoms with E-state index in [-0.39, 0.29) is 36.2 Å². The second kappa shape index (κ2) is 26.3. The van der Waals surface area contributed by atoms with Crippen molar-refractivity contribution in [1.29, 1.82) is 0 Å². The first-order valence-electron chi connectivity index (χ1n) is 19.7.